The number of halogens is 1. The van der Waals surface area contributed by atoms with Gasteiger partial charge >= 0.3 is 5.97 Å². The Morgan fingerprint density at radius 2 is 1.86 bits per heavy atom. The van der Waals surface area contributed by atoms with Crippen LogP contribution in [0.1, 0.15) is 25.3 Å². The van der Waals surface area contributed by atoms with Crippen molar-refractivity contribution in [2.45, 2.75) is 37.9 Å². The maximum atomic E-state index is 12.8. The average Bonchev–Trinajstić information content (AvgIpc) is 2.70. The molecule has 11 nitrogen and oxygen atoms in total. The molecule has 0 bridgehead atoms. The average molecular weight is 393 g/mol. The number of ketones is 1. The number of carbonyl (C=O) groups excluding carboxylic acids is 2. The van der Waals surface area contributed by atoms with E-state index < -0.39 is 54.0 Å². The Morgan fingerprint density at radius 1 is 1.21 bits per heavy atom. The fourth-order valence-corrected chi connectivity index (χ4v) is 3.19. The number of hydrogen-bond acceptors (Lipinski definition) is 7. The summed E-state index contributed by atoms with van der Waals surface area (Å²) in [5.74, 6) is -3.35. The zero-order valence-electron chi connectivity index (χ0n) is 14.5. The van der Waals surface area contributed by atoms with E-state index in [-0.39, 0.29) is 24.0 Å². The third-order valence-electron chi connectivity index (χ3n) is 4.47. The summed E-state index contributed by atoms with van der Waals surface area (Å²) in [5, 5.41) is 11.1. The number of fused-ring (bicyclic) bond motifs is 2. The summed E-state index contributed by atoms with van der Waals surface area (Å²) < 4.78 is 14.7. The smallest absolute Gasteiger partial charge is 0.305 e. The molecule has 0 aliphatic carbocycles. The van der Waals surface area contributed by atoms with E-state index >= 15 is 0 Å². The number of hydrogen-bond donors (Lipinski definition) is 2. The molecule has 3 rings (SSSR count). The topological polar surface area (TPSA) is 153 Å². The van der Waals surface area contributed by atoms with Crippen LogP contribution in [0.5, 0.6) is 0 Å². The molecule has 148 valence electrons. The molecule has 2 aromatic rings. The number of rotatable bonds is 6. The number of alkyl halides is 1. The monoisotopic (exact) mass is 393 g/mol. The van der Waals surface area contributed by atoms with Crippen molar-refractivity contribution in [3.63, 3.8) is 0 Å². The molecule has 3 heterocycles. The third-order valence-corrected chi connectivity index (χ3v) is 4.47. The predicted octanol–water partition coefficient (Wildman–Crippen LogP) is -1.21. The second-order valence-corrected chi connectivity index (χ2v) is 6.25. The van der Waals surface area contributed by atoms with Crippen LogP contribution < -0.4 is 16.4 Å². The molecule has 1 amide bonds. The SMILES string of the molecule is O=C(O)CC(NC(=O)[C@@H]1CCCn2c(=O)c3nccnc3c(=O)n21)C(=O)CF. The van der Waals surface area contributed by atoms with Crippen LogP contribution in [0.3, 0.4) is 0 Å². The number of nitrogens with zero attached hydrogens (tertiary/aromatic N) is 4. The van der Waals surface area contributed by atoms with E-state index in [2.05, 4.69) is 15.3 Å². The minimum Gasteiger partial charge on any atom is -0.481 e. The van der Waals surface area contributed by atoms with Gasteiger partial charge in [-0.15, -0.1) is 0 Å². The zero-order chi connectivity index (χ0) is 20.4. The quantitative estimate of drug-likeness (QED) is 0.620. The normalized spacial score (nSPS) is 17.0. The highest BCUT2D eigenvalue weighted by molar-refractivity contribution is 5.93. The van der Waals surface area contributed by atoms with Crippen molar-refractivity contribution in [3.8, 4) is 0 Å². The van der Waals surface area contributed by atoms with Crippen molar-refractivity contribution >= 4 is 28.7 Å². The summed E-state index contributed by atoms with van der Waals surface area (Å²) in [6.45, 7) is -1.27. The van der Waals surface area contributed by atoms with Crippen LogP contribution in [0.4, 0.5) is 4.39 Å². The Hall–Kier alpha value is -3.44. The van der Waals surface area contributed by atoms with Crippen LogP contribution in [-0.4, -0.2) is 54.8 Å². The van der Waals surface area contributed by atoms with Crippen molar-refractivity contribution in [1.29, 1.82) is 0 Å². The van der Waals surface area contributed by atoms with Crippen molar-refractivity contribution in [3.05, 3.63) is 33.1 Å². The van der Waals surface area contributed by atoms with Gasteiger partial charge in [0.25, 0.3) is 11.1 Å². The highest BCUT2D eigenvalue weighted by atomic mass is 19.1. The van der Waals surface area contributed by atoms with E-state index in [9.17, 15) is 28.4 Å². The number of carboxylic acid groups (broad SMARTS) is 1. The highest BCUT2D eigenvalue weighted by Gasteiger charge is 2.33. The second-order valence-electron chi connectivity index (χ2n) is 6.25. The molecule has 0 fully saturated rings. The van der Waals surface area contributed by atoms with Crippen molar-refractivity contribution in [1.82, 2.24) is 24.6 Å². The summed E-state index contributed by atoms with van der Waals surface area (Å²) in [5.41, 5.74) is -1.64. The lowest BCUT2D eigenvalue weighted by Gasteiger charge is -2.29. The molecule has 1 aliphatic rings. The standard InChI is InChI=1S/C16H16FN5O6/c17-7-10(23)8(6-11(24)25)20-14(26)9-2-1-5-21-15(27)12-13(16(28)22(9)21)19-4-3-18-12/h3-4,8-9H,1-2,5-7H2,(H,20,26)(H,24,25)/t8?,9-/m0/s1. The first-order valence-electron chi connectivity index (χ1n) is 8.42. The van der Waals surface area contributed by atoms with Gasteiger partial charge in [0.05, 0.1) is 6.42 Å². The Bertz CT molecular complexity index is 1080. The van der Waals surface area contributed by atoms with Crippen LogP contribution in [-0.2, 0) is 20.9 Å². The number of carboxylic acids is 1. The van der Waals surface area contributed by atoms with Gasteiger partial charge in [0, 0.05) is 18.9 Å². The fourth-order valence-electron chi connectivity index (χ4n) is 3.19. The number of carbonyl (C=O) groups is 3. The Morgan fingerprint density at radius 3 is 2.46 bits per heavy atom. The van der Waals surface area contributed by atoms with E-state index in [1.165, 1.54) is 12.4 Å². The predicted molar refractivity (Wildman–Crippen MR) is 91.5 cm³/mol. The van der Waals surface area contributed by atoms with Crippen molar-refractivity contribution < 1.29 is 23.9 Å². The molecule has 2 aromatic heterocycles. The molecule has 0 radical (unpaired) electrons. The van der Waals surface area contributed by atoms with Crippen molar-refractivity contribution in [2.24, 2.45) is 0 Å². The Balaban J connectivity index is 2.03. The van der Waals surface area contributed by atoms with Crippen LogP contribution in [0.25, 0.3) is 11.0 Å². The zero-order valence-corrected chi connectivity index (χ0v) is 14.5. The molecule has 2 N–H and O–H groups in total. The van der Waals surface area contributed by atoms with Crippen LogP contribution >= 0.6 is 0 Å². The molecule has 2 atom stereocenters. The molecule has 12 heteroatoms. The highest BCUT2D eigenvalue weighted by Crippen LogP contribution is 2.19. The van der Waals surface area contributed by atoms with Gasteiger partial charge in [0.2, 0.25) is 5.91 Å². The van der Waals surface area contributed by atoms with Gasteiger partial charge in [-0.05, 0) is 12.8 Å². The maximum Gasteiger partial charge on any atom is 0.305 e. The van der Waals surface area contributed by atoms with Gasteiger partial charge in [0.1, 0.15) is 18.8 Å². The second kappa shape index (κ2) is 7.66. The van der Waals surface area contributed by atoms with Gasteiger partial charge < -0.3 is 10.4 Å². The lowest BCUT2D eigenvalue weighted by molar-refractivity contribution is -0.140. The van der Waals surface area contributed by atoms with E-state index in [0.29, 0.717) is 6.42 Å². The fraction of sp³-hybridized carbons (Fsp3) is 0.438. The summed E-state index contributed by atoms with van der Waals surface area (Å²) in [4.78, 5) is 68.3. The van der Waals surface area contributed by atoms with Crippen molar-refractivity contribution in [2.75, 3.05) is 6.67 Å². The molecule has 0 aromatic carbocycles. The molecule has 0 saturated carbocycles. The number of Topliss-reactive ketones (excluding diaryl/α,β-unsaturated/α-hetero) is 1. The molecule has 0 spiro atoms. The summed E-state index contributed by atoms with van der Waals surface area (Å²) in [7, 11) is 0. The van der Waals surface area contributed by atoms with Crippen LogP contribution in [0.15, 0.2) is 22.0 Å². The van der Waals surface area contributed by atoms with Gasteiger partial charge in [-0.25, -0.2) is 23.7 Å². The lowest BCUT2D eigenvalue weighted by Crippen LogP contribution is -2.52. The summed E-state index contributed by atoms with van der Waals surface area (Å²) >= 11 is 0. The Kier molecular flexibility index (Phi) is 5.29. The summed E-state index contributed by atoms with van der Waals surface area (Å²) in [6.07, 6.45) is 2.25. The number of nitrogens with one attached hydrogen (secondary N) is 1. The molecular formula is C16H16FN5O6. The maximum absolute atomic E-state index is 12.8. The van der Waals surface area contributed by atoms with Gasteiger partial charge in [-0.3, -0.25) is 24.0 Å². The molecule has 1 unspecified atom stereocenters. The summed E-state index contributed by atoms with van der Waals surface area (Å²) in [6, 6.07) is -2.75. The van der Waals surface area contributed by atoms with E-state index in [1.807, 2.05) is 0 Å². The van der Waals surface area contributed by atoms with E-state index in [4.69, 9.17) is 5.11 Å². The van der Waals surface area contributed by atoms with Gasteiger partial charge in [-0.2, -0.15) is 0 Å². The van der Waals surface area contributed by atoms with E-state index in [1.54, 1.807) is 0 Å². The molecular weight excluding hydrogens is 377 g/mol. The van der Waals surface area contributed by atoms with E-state index in [0.717, 1.165) is 9.36 Å². The van der Waals surface area contributed by atoms with Gasteiger partial charge in [0.15, 0.2) is 16.8 Å². The number of aliphatic carboxylic acids is 1. The molecule has 28 heavy (non-hydrogen) atoms. The first-order valence-corrected chi connectivity index (χ1v) is 8.42. The minimum atomic E-state index is -1.58. The lowest BCUT2D eigenvalue weighted by atomic mass is 10.1. The molecule has 0 saturated heterocycles. The minimum absolute atomic E-state index is 0.124. The number of amides is 1. The Labute approximate surface area is 155 Å². The third kappa shape index (κ3) is 3.40. The first kappa shape index (κ1) is 19.3. The van der Waals surface area contributed by atoms with Crippen LogP contribution in [0, 0.1) is 0 Å². The largest absolute Gasteiger partial charge is 0.481 e. The first-order chi connectivity index (χ1) is 13.3. The molecule has 1 aliphatic heterocycles. The van der Waals surface area contributed by atoms with Crippen LogP contribution in [0.2, 0.25) is 0 Å². The van der Waals surface area contributed by atoms with Gasteiger partial charge in [-0.1, -0.05) is 0 Å². The number of aromatic nitrogens is 4.